The molecule has 0 radical (unpaired) electrons. The summed E-state index contributed by atoms with van der Waals surface area (Å²) in [5, 5.41) is 6.37. The molecule has 2 aromatic heterocycles. The highest BCUT2D eigenvalue weighted by molar-refractivity contribution is 7.09. The average molecular weight is 262 g/mol. The van der Waals surface area contributed by atoms with Crippen molar-refractivity contribution in [3.8, 4) is 0 Å². The number of hydrogen-bond donors (Lipinski definition) is 1. The van der Waals surface area contributed by atoms with E-state index in [1.54, 1.807) is 11.3 Å². The quantitative estimate of drug-likeness (QED) is 0.918. The Balaban J connectivity index is 2.09. The number of anilines is 1. The highest BCUT2D eigenvalue weighted by Gasteiger charge is 2.06. The molecule has 2 rings (SSSR count). The third-order valence-electron chi connectivity index (χ3n) is 2.56. The fraction of sp³-hybridized carbons (Fsp3) is 0.462. The lowest BCUT2D eigenvalue weighted by atomic mass is 10.1. The number of nitrogens with one attached hydrogen (secondary N) is 1. The Morgan fingerprint density at radius 1 is 1.22 bits per heavy atom. The van der Waals surface area contributed by atoms with Crippen LogP contribution in [-0.2, 0) is 6.54 Å². The minimum Gasteiger partial charge on any atom is -0.349 e. The number of nitrogens with zero attached hydrogens (tertiary/aromatic N) is 3. The molecule has 0 amide bonds. The van der Waals surface area contributed by atoms with E-state index in [1.807, 2.05) is 19.9 Å². The number of aromatic nitrogens is 3. The summed E-state index contributed by atoms with van der Waals surface area (Å²) in [7, 11) is 0. The summed E-state index contributed by atoms with van der Waals surface area (Å²) in [5.74, 6) is 1.10. The molecule has 0 atom stereocenters. The molecule has 0 aliphatic carbocycles. The van der Waals surface area contributed by atoms with Crippen LogP contribution in [0, 0.1) is 13.8 Å². The van der Waals surface area contributed by atoms with Crippen LogP contribution in [-0.4, -0.2) is 15.0 Å². The lowest BCUT2D eigenvalue weighted by molar-refractivity contribution is 0.807. The molecule has 0 bridgehead atoms. The average Bonchev–Trinajstić information content (AvgIpc) is 2.72. The van der Waals surface area contributed by atoms with E-state index >= 15 is 0 Å². The van der Waals surface area contributed by atoms with Gasteiger partial charge in [-0.05, 0) is 25.8 Å². The number of thiazole rings is 1. The van der Waals surface area contributed by atoms with Crippen molar-refractivity contribution in [1.82, 2.24) is 15.0 Å². The van der Waals surface area contributed by atoms with E-state index < -0.39 is 0 Å². The van der Waals surface area contributed by atoms with Gasteiger partial charge >= 0.3 is 0 Å². The topological polar surface area (TPSA) is 50.7 Å². The second kappa shape index (κ2) is 5.44. The predicted octanol–water partition coefficient (Wildman–Crippen LogP) is 3.29. The van der Waals surface area contributed by atoms with E-state index in [2.05, 4.69) is 39.5 Å². The summed E-state index contributed by atoms with van der Waals surface area (Å²) in [6, 6.07) is 2.03. The fourth-order valence-electron chi connectivity index (χ4n) is 1.63. The standard InChI is InChI=1S/C13H18N4S/c1-8(2)12-5-9(3)15-13(17-12)14-6-11-7-18-10(4)16-11/h5,7-8H,6H2,1-4H3,(H,14,15,17). The summed E-state index contributed by atoms with van der Waals surface area (Å²) in [6.07, 6.45) is 0. The Kier molecular flexibility index (Phi) is 3.91. The Hall–Kier alpha value is -1.49. The van der Waals surface area contributed by atoms with Crippen LogP contribution in [0.3, 0.4) is 0 Å². The van der Waals surface area contributed by atoms with E-state index in [9.17, 15) is 0 Å². The predicted molar refractivity (Wildman–Crippen MR) is 75.0 cm³/mol. The normalized spacial score (nSPS) is 10.9. The molecular formula is C13H18N4S. The minimum atomic E-state index is 0.411. The maximum absolute atomic E-state index is 4.51. The molecule has 0 spiro atoms. The molecule has 0 aromatic carbocycles. The largest absolute Gasteiger partial charge is 0.349 e. The van der Waals surface area contributed by atoms with Crippen LogP contribution in [0.4, 0.5) is 5.95 Å². The van der Waals surface area contributed by atoms with Gasteiger partial charge in [0.15, 0.2) is 0 Å². The smallest absolute Gasteiger partial charge is 0.223 e. The summed E-state index contributed by atoms with van der Waals surface area (Å²) in [6.45, 7) is 8.94. The van der Waals surface area contributed by atoms with Crippen LogP contribution >= 0.6 is 11.3 Å². The fourth-order valence-corrected chi connectivity index (χ4v) is 2.24. The van der Waals surface area contributed by atoms with Crippen LogP contribution in [0.25, 0.3) is 0 Å². The first-order valence-electron chi connectivity index (χ1n) is 6.05. The van der Waals surface area contributed by atoms with E-state index in [0.717, 1.165) is 22.1 Å². The van der Waals surface area contributed by atoms with Crippen LogP contribution < -0.4 is 5.32 Å². The zero-order valence-electron chi connectivity index (χ0n) is 11.2. The molecule has 2 heterocycles. The van der Waals surface area contributed by atoms with Crippen molar-refractivity contribution in [2.24, 2.45) is 0 Å². The molecule has 0 unspecified atom stereocenters. The molecule has 0 saturated heterocycles. The van der Waals surface area contributed by atoms with Gasteiger partial charge in [-0.1, -0.05) is 13.8 Å². The summed E-state index contributed by atoms with van der Waals surface area (Å²) in [4.78, 5) is 13.3. The van der Waals surface area contributed by atoms with Crippen molar-refractivity contribution in [3.05, 3.63) is 33.5 Å². The molecule has 0 aliphatic rings. The number of rotatable bonds is 4. The highest BCUT2D eigenvalue weighted by atomic mass is 32.1. The summed E-state index contributed by atoms with van der Waals surface area (Å²) >= 11 is 1.66. The first-order valence-corrected chi connectivity index (χ1v) is 6.93. The van der Waals surface area contributed by atoms with E-state index in [-0.39, 0.29) is 0 Å². The monoisotopic (exact) mass is 262 g/mol. The Labute approximate surface area is 112 Å². The molecule has 2 aromatic rings. The van der Waals surface area contributed by atoms with Gasteiger partial charge in [0.2, 0.25) is 5.95 Å². The minimum absolute atomic E-state index is 0.411. The SMILES string of the molecule is Cc1cc(C(C)C)nc(NCc2csc(C)n2)n1. The van der Waals surface area contributed by atoms with Crippen LogP contribution in [0.1, 0.15) is 41.9 Å². The van der Waals surface area contributed by atoms with Gasteiger partial charge in [-0.2, -0.15) is 0 Å². The van der Waals surface area contributed by atoms with E-state index in [1.165, 1.54) is 0 Å². The Bertz CT molecular complexity index is 534. The van der Waals surface area contributed by atoms with Gasteiger partial charge in [0, 0.05) is 16.8 Å². The third kappa shape index (κ3) is 3.26. The molecule has 0 aliphatic heterocycles. The lowest BCUT2D eigenvalue weighted by Gasteiger charge is -2.09. The van der Waals surface area contributed by atoms with Gasteiger partial charge in [-0.25, -0.2) is 15.0 Å². The molecule has 96 valence electrons. The van der Waals surface area contributed by atoms with Gasteiger partial charge in [0.05, 0.1) is 17.2 Å². The molecule has 1 N–H and O–H groups in total. The zero-order valence-corrected chi connectivity index (χ0v) is 12.0. The van der Waals surface area contributed by atoms with Gasteiger partial charge < -0.3 is 5.32 Å². The van der Waals surface area contributed by atoms with Crippen molar-refractivity contribution in [2.45, 2.75) is 40.2 Å². The Morgan fingerprint density at radius 2 is 2.00 bits per heavy atom. The number of hydrogen-bond acceptors (Lipinski definition) is 5. The Morgan fingerprint density at radius 3 is 2.61 bits per heavy atom. The van der Waals surface area contributed by atoms with Crippen molar-refractivity contribution >= 4 is 17.3 Å². The van der Waals surface area contributed by atoms with E-state index in [4.69, 9.17) is 0 Å². The lowest BCUT2D eigenvalue weighted by Crippen LogP contribution is -2.07. The molecule has 4 nitrogen and oxygen atoms in total. The van der Waals surface area contributed by atoms with Crippen LogP contribution in [0.2, 0.25) is 0 Å². The first kappa shape index (κ1) is 13.0. The van der Waals surface area contributed by atoms with Crippen LogP contribution in [0.15, 0.2) is 11.4 Å². The van der Waals surface area contributed by atoms with Gasteiger partial charge in [-0.15, -0.1) is 11.3 Å². The summed E-state index contributed by atoms with van der Waals surface area (Å²) in [5.41, 5.74) is 3.10. The van der Waals surface area contributed by atoms with Gasteiger partial charge in [-0.3, -0.25) is 0 Å². The molecule has 5 heteroatoms. The second-order valence-electron chi connectivity index (χ2n) is 4.62. The van der Waals surface area contributed by atoms with Gasteiger partial charge in [0.25, 0.3) is 0 Å². The van der Waals surface area contributed by atoms with Crippen molar-refractivity contribution in [2.75, 3.05) is 5.32 Å². The van der Waals surface area contributed by atoms with Gasteiger partial charge in [0.1, 0.15) is 0 Å². The molecule has 0 fully saturated rings. The number of aryl methyl sites for hydroxylation is 2. The van der Waals surface area contributed by atoms with Crippen molar-refractivity contribution < 1.29 is 0 Å². The molecule has 0 saturated carbocycles. The van der Waals surface area contributed by atoms with Crippen molar-refractivity contribution in [1.29, 1.82) is 0 Å². The molecular weight excluding hydrogens is 244 g/mol. The zero-order chi connectivity index (χ0) is 13.1. The van der Waals surface area contributed by atoms with E-state index in [0.29, 0.717) is 18.4 Å². The second-order valence-corrected chi connectivity index (χ2v) is 5.69. The molecule has 18 heavy (non-hydrogen) atoms. The van der Waals surface area contributed by atoms with Crippen LogP contribution in [0.5, 0.6) is 0 Å². The van der Waals surface area contributed by atoms with Crippen molar-refractivity contribution in [3.63, 3.8) is 0 Å². The summed E-state index contributed by atoms with van der Waals surface area (Å²) < 4.78 is 0. The maximum Gasteiger partial charge on any atom is 0.223 e. The highest BCUT2D eigenvalue weighted by Crippen LogP contribution is 2.15. The third-order valence-corrected chi connectivity index (χ3v) is 3.38. The maximum atomic E-state index is 4.51. The first-order chi connectivity index (χ1) is 8.54.